The van der Waals surface area contributed by atoms with Crippen molar-refractivity contribution in [3.05, 3.63) is 29.3 Å². The molecule has 0 spiro atoms. The van der Waals surface area contributed by atoms with E-state index >= 15 is 0 Å². The van der Waals surface area contributed by atoms with Crippen LogP contribution < -0.4 is 0 Å². The predicted molar refractivity (Wildman–Crippen MR) is 56.7 cm³/mol. The van der Waals surface area contributed by atoms with Gasteiger partial charge in [0, 0.05) is 11.1 Å². The zero-order valence-corrected chi connectivity index (χ0v) is 8.78. The van der Waals surface area contributed by atoms with Crippen molar-refractivity contribution in [3.8, 4) is 5.75 Å². The van der Waals surface area contributed by atoms with Crippen molar-refractivity contribution in [1.82, 2.24) is 0 Å². The molecule has 0 amide bonds. The molecule has 92 valence electrons. The molecule has 0 saturated heterocycles. The first kappa shape index (κ1) is 13.1. The summed E-state index contributed by atoms with van der Waals surface area (Å²) in [6.07, 6.45) is -3.27. The van der Waals surface area contributed by atoms with Crippen LogP contribution in [0.2, 0.25) is 0 Å². The van der Waals surface area contributed by atoms with Crippen LogP contribution in [0.3, 0.4) is 0 Å². The van der Waals surface area contributed by atoms with E-state index in [9.17, 15) is 24.9 Å². The van der Waals surface area contributed by atoms with Gasteiger partial charge in [-0.25, -0.2) is 0 Å². The summed E-state index contributed by atoms with van der Waals surface area (Å²) in [6, 6.07) is 3.72. The Kier molecular flexibility index (Phi) is 4.19. The average Bonchev–Trinajstić information content (AvgIpc) is 2.28. The topological polar surface area (TPSA) is 115 Å². The van der Waals surface area contributed by atoms with Crippen LogP contribution in [0, 0.1) is 0 Å². The van der Waals surface area contributed by atoms with Crippen LogP contribution in [0.25, 0.3) is 0 Å². The van der Waals surface area contributed by atoms with Crippen molar-refractivity contribution in [1.29, 1.82) is 0 Å². The summed E-state index contributed by atoms with van der Waals surface area (Å²) in [5.41, 5.74) is 0.128. The molecule has 0 aliphatic heterocycles. The summed E-state index contributed by atoms with van der Waals surface area (Å²) in [5, 5.41) is 37.0. The standard InChI is InChI=1S/C11H12O6/c12-5-6-1-2-8(13)7(3-6)11(17)9(14)4-10(15)16/h1-3,5,9,11,13-14,17H,4H2,(H,15,16). The summed E-state index contributed by atoms with van der Waals surface area (Å²) in [7, 11) is 0. The number of benzene rings is 1. The first-order valence-corrected chi connectivity index (χ1v) is 4.81. The third kappa shape index (κ3) is 3.27. The summed E-state index contributed by atoms with van der Waals surface area (Å²) < 4.78 is 0. The maximum atomic E-state index is 10.5. The number of carbonyl (C=O) groups is 2. The molecule has 0 aliphatic carbocycles. The number of aldehydes is 1. The number of aliphatic carboxylic acids is 1. The summed E-state index contributed by atoms with van der Waals surface area (Å²) in [6.45, 7) is 0. The third-order valence-electron chi connectivity index (χ3n) is 2.25. The third-order valence-corrected chi connectivity index (χ3v) is 2.25. The van der Waals surface area contributed by atoms with E-state index in [1.807, 2.05) is 0 Å². The Morgan fingerprint density at radius 1 is 1.35 bits per heavy atom. The van der Waals surface area contributed by atoms with Crippen molar-refractivity contribution in [2.24, 2.45) is 0 Å². The average molecular weight is 240 g/mol. The zero-order valence-electron chi connectivity index (χ0n) is 8.78. The lowest BCUT2D eigenvalue weighted by Gasteiger charge is -2.17. The fourth-order valence-electron chi connectivity index (χ4n) is 1.38. The first-order valence-electron chi connectivity index (χ1n) is 4.81. The number of carboxylic acids is 1. The Hall–Kier alpha value is -1.92. The van der Waals surface area contributed by atoms with Gasteiger partial charge in [0.1, 0.15) is 18.1 Å². The lowest BCUT2D eigenvalue weighted by molar-refractivity contribution is -0.141. The smallest absolute Gasteiger partial charge is 0.306 e. The highest BCUT2D eigenvalue weighted by Crippen LogP contribution is 2.28. The molecule has 4 N–H and O–H groups in total. The van der Waals surface area contributed by atoms with Crippen molar-refractivity contribution < 1.29 is 30.0 Å². The second kappa shape index (κ2) is 5.42. The van der Waals surface area contributed by atoms with E-state index in [1.54, 1.807) is 0 Å². The van der Waals surface area contributed by atoms with Crippen LogP contribution in [0.1, 0.15) is 28.4 Å². The molecule has 0 aromatic heterocycles. The van der Waals surface area contributed by atoms with Crippen molar-refractivity contribution in [2.75, 3.05) is 0 Å². The van der Waals surface area contributed by atoms with Crippen LogP contribution in [0.4, 0.5) is 0 Å². The molecule has 1 rings (SSSR count). The molecule has 0 bridgehead atoms. The Morgan fingerprint density at radius 2 is 2.00 bits per heavy atom. The van der Waals surface area contributed by atoms with Gasteiger partial charge in [0.2, 0.25) is 0 Å². The van der Waals surface area contributed by atoms with Crippen molar-refractivity contribution in [3.63, 3.8) is 0 Å². The molecule has 0 saturated carbocycles. The number of hydrogen-bond donors (Lipinski definition) is 4. The number of aromatic hydroxyl groups is 1. The van der Waals surface area contributed by atoms with Gasteiger partial charge in [-0.05, 0) is 18.2 Å². The molecule has 6 heteroatoms. The highest BCUT2D eigenvalue weighted by Gasteiger charge is 2.23. The summed E-state index contributed by atoms with van der Waals surface area (Å²) in [5.74, 6) is -1.59. The fraction of sp³-hybridized carbons (Fsp3) is 0.273. The molecule has 17 heavy (non-hydrogen) atoms. The van der Waals surface area contributed by atoms with E-state index in [-0.39, 0.29) is 16.9 Å². The van der Waals surface area contributed by atoms with E-state index in [1.165, 1.54) is 18.2 Å². The minimum atomic E-state index is -1.56. The molecule has 2 atom stereocenters. The number of carboxylic acid groups (broad SMARTS) is 1. The SMILES string of the molecule is O=Cc1ccc(O)c(C(O)C(O)CC(=O)O)c1. The molecular formula is C11H12O6. The molecule has 0 radical (unpaired) electrons. The highest BCUT2D eigenvalue weighted by molar-refractivity contribution is 5.75. The predicted octanol–water partition coefficient (Wildman–Crippen LogP) is 0.0737. The van der Waals surface area contributed by atoms with Crippen LogP contribution >= 0.6 is 0 Å². The zero-order chi connectivity index (χ0) is 13.0. The number of aliphatic hydroxyl groups is 2. The quantitative estimate of drug-likeness (QED) is 0.541. The van der Waals surface area contributed by atoms with Gasteiger partial charge in [-0.15, -0.1) is 0 Å². The molecule has 1 aromatic rings. The Morgan fingerprint density at radius 3 is 2.53 bits per heavy atom. The van der Waals surface area contributed by atoms with Crippen molar-refractivity contribution in [2.45, 2.75) is 18.6 Å². The minimum absolute atomic E-state index is 0.0802. The lowest BCUT2D eigenvalue weighted by Crippen LogP contribution is -2.22. The Labute approximate surface area is 96.8 Å². The molecule has 6 nitrogen and oxygen atoms in total. The second-order valence-electron chi connectivity index (χ2n) is 3.55. The number of phenolic OH excluding ortho intramolecular Hbond substituents is 1. The van der Waals surface area contributed by atoms with Crippen molar-refractivity contribution >= 4 is 12.3 Å². The number of hydrogen-bond acceptors (Lipinski definition) is 5. The maximum Gasteiger partial charge on any atom is 0.306 e. The maximum absolute atomic E-state index is 10.5. The summed E-state index contributed by atoms with van der Waals surface area (Å²) >= 11 is 0. The monoisotopic (exact) mass is 240 g/mol. The van der Waals surface area contributed by atoms with Gasteiger partial charge >= 0.3 is 5.97 Å². The van der Waals surface area contributed by atoms with E-state index in [4.69, 9.17) is 5.11 Å². The van der Waals surface area contributed by atoms with E-state index < -0.39 is 24.6 Å². The first-order chi connectivity index (χ1) is 7.95. The Balaban J connectivity index is 2.97. The number of phenols is 1. The molecule has 2 unspecified atom stereocenters. The highest BCUT2D eigenvalue weighted by atomic mass is 16.4. The van der Waals surface area contributed by atoms with Crippen LogP contribution in [-0.4, -0.2) is 38.8 Å². The molecule has 0 aliphatic rings. The van der Waals surface area contributed by atoms with E-state index in [0.29, 0.717) is 6.29 Å². The fourth-order valence-corrected chi connectivity index (χ4v) is 1.38. The van der Waals surface area contributed by atoms with Gasteiger partial charge in [0.15, 0.2) is 0 Å². The number of aliphatic hydroxyl groups excluding tert-OH is 2. The summed E-state index contributed by atoms with van der Waals surface area (Å²) in [4.78, 5) is 20.9. The van der Waals surface area contributed by atoms with E-state index in [0.717, 1.165) is 0 Å². The van der Waals surface area contributed by atoms with Crippen LogP contribution in [0.5, 0.6) is 5.75 Å². The van der Waals surface area contributed by atoms with Crippen LogP contribution in [0.15, 0.2) is 18.2 Å². The van der Waals surface area contributed by atoms with Gasteiger partial charge < -0.3 is 20.4 Å². The lowest BCUT2D eigenvalue weighted by atomic mass is 9.99. The van der Waals surface area contributed by atoms with Crippen LogP contribution in [-0.2, 0) is 4.79 Å². The minimum Gasteiger partial charge on any atom is -0.508 e. The van der Waals surface area contributed by atoms with E-state index in [2.05, 4.69) is 0 Å². The normalized spacial score (nSPS) is 14.0. The van der Waals surface area contributed by atoms with Gasteiger partial charge in [0.05, 0.1) is 12.5 Å². The van der Waals surface area contributed by atoms with Gasteiger partial charge in [-0.1, -0.05) is 0 Å². The molecule has 0 heterocycles. The van der Waals surface area contributed by atoms with Gasteiger partial charge in [-0.3, -0.25) is 9.59 Å². The second-order valence-corrected chi connectivity index (χ2v) is 3.55. The molecule has 1 aromatic carbocycles. The largest absolute Gasteiger partial charge is 0.508 e. The number of rotatable bonds is 5. The molecule has 0 fully saturated rings. The van der Waals surface area contributed by atoms with Gasteiger partial charge in [0.25, 0.3) is 0 Å². The van der Waals surface area contributed by atoms with Gasteiger partial charge in [-0.2, -0.15) is 0 Å². The Bertz CT molecular complexity index is 428. The number of carbonyl (C=O) groups excluding carboxylic acids is 1. The molecular weight excluding hydrogens is 228 g/mol.